The molecule has 0 bridgehead atoms. The summed E-state index contributed by atoms with van der Waals surface area (Å²) in [5.74, 6) is 1.13. The smallest absolute Gasteiger partial charge is 0.179 e. The molecule has 2 aromatic heterocycles. The first kappa shape index (κ1) is 14.6. The van der Waals surface area contributed by atoms with E-state index in [9.17, 15) is 0 Å². The Morgan fingerprint density at radius 3 is 2.00 bits per heavy atom. The maximum absolute atomic E-state index is 6.59. The second kappa shape index (κ2) is 6.20. The van der Waals surface area contributed by atoms with Crippen molar-refractivity contribution in [2.24, 2.45) is 0 Å². The summed E-state index contributed by atoms with van der Waals surface area (Å²) >= 11 is 6.59. The molecule has 0 spiro atoms. The molecule has 0 amide bonds. The number of rotatable bonds is 5. The van der Waals surface area contributed by atoms with Gasteiger partial charge in [0, 0.05) is 23.8 Å². The van der Waals surface area contributed by atoms with Crippen LogP contribution in [0.15, 0.2) is 48.8 Å². The molecule has 2 heterocycles. The van der Waals surface area contributed by atoms with Gasteiger partial charge in [-0.3, -0.25) is 0 Å². The van der Waals surface area contributed by atoms with Crippen molar-refractivity contribution in [1.29, 1.82) is 0 Å². The zero-order valence-corrected chi connectivity index (χ0v) is 13.1. The third-order valence-corrected chi connectivity index (χ3v) is 4.08. The van der Waals surface area contributed by atoms with Gasteiger partial charge >= 0.3 is 0 Å². The van der Waals surface area contributed by atoms with E-state index in [0.29, 0.717) is 16.5 Å². The fraction of sp³-hybridized carbons (Fsp3) is 0.176. The van der Waals surface area contributed by atoms with Crippen molar-refractivity contribution in [3.63, 3.8) is 0 Å². The molecule has 0 aliphatic heterocycles. The zero-order chi connectivity index (χ0) is 15.5. The number of hydrogen-bond donors (Lipinski definition) is 2. The monoisotopic (exact) mass is 316 g/mol. The van der Waals surface area contributed by atoms with Crippen LogP contribution in [0.3, 0.4) is 0 Å². The molecule has 0 fully saturated rings. The predicted octanol–water partition coefficient (Wildman–Crippen LogP) is 4.19. The minimum atomic E-state index is -0.0303. The Balaban J connectivity index is 2.17. The van der Waals surface area contributed by atoms with Crippen molar-refractivity contribution in [1.82, 2.24) is 9.97 Å². The molecule has 0 saturated carbocycles. The summed E-state index contributed by atoms with van der Waals surface area (Å²) in [5.41, 5.74) is 3.05. The number of hydrogen-bond acceptors (Lipinski definition) is 2. The molecule has 22 heavy (non-hydrogen) atoms. The Morgan fingerprint density at radius 2 is 1.55 bits per heavy atom. The zero-order valence-electron chi connectivity index (χ0n) is 12.4. The van der Waals surface area contributed by atoms with E-state index in [1.54, 1.807) is 14.2 Å². The lowest BCUT2D eigenvalue weighted by atomic mass is 9.92. The first-order valence-corrected chi connectivity index (χ1v) is 7.31. The largest absolute Gasteiger partial charge is 0.493 e. The molecule has 0 aliphatic rings. The van der Waals surface area contributed by atoms with Gasteiger partial charge in [-0.05, 0) is 35.9 Å². The maximum Gasteiger partial charge on any atom is 0.179 e. The van der Waals surface area contributed by atoms with Crippen molar-refractivity contribution in [2.75, 3.05) is 14.2 Å². The number of ether oxygens (including phenoxy) is 2. The summed E-state index contributed by atoms with van der Waals surface area (Å²) in [6, 6.07) is 11.9. The van der Waals surface area contributed by atoms with Crippen molar-refractivity contribution >= 4 is 11.6 Å². The van der Waals surface area contributed by atoms with Gasteiger partial charge in [-0.1, -0.05) is 17.7 Å². The maximum atomic E-state index is 6.59. The van der Waals surface area contributed by atoms with E-state index in [2.05, 4.69) is 9.97 Å². The topological polar surface area (TPSA) is 50.0 Å². The van der Waals surface area contributed by atoms with Crippen LogP contribution in [0, 0.1) is 0 Å². The lowest BCUT2D eigenvalue weighted by Crippen LogP contribution is -2.06. The summed E-state index contributed by atoms with van der Waals surface area (Å²) < 4.78 is 10.7. The van der Waals surface area contributed by atoms with Crippen LogP contribution in [-0.2, 0) is 0 Å². The third kappa shape index (κ3) is 2.46. The summed E-state index contributed by atoms with van der Waals surface area (Å²) in [5, 5.41) is 0.552. The molecule has 2 N–H and O–H groups in total. The highest BCUT2D eigenvalue weighted by Gasteiger charge is 2.24. The SMILES string of the molecule is COc1ccc(C(c2ccc[nH]2)c2ccc[nH]2)c(Cl)c1OC. The van der Waals surface area contributed by atoms with E-state index in [0.717, 1.165) is 17.0 Å². The van der Waals surface area contributed by atoms with Crippen LogP contribution in [0.25, 0.3) is 0 Å². The molecule has 3 rings (SSSR count). The van der Waals surface area contributed by atoms with Gasteiger partial charge in [-0.25, -0.2) is 0 Å². The van der Waals surface area contributed by atoms with E-state index >= 15 is 0 Å². The average molecular weight is 317 g/mol. The van der Waals surface area contributed by atoms with Crippen LogP contribution in [0.1, 0.15) is 22.9 Å². The molecule has 5 heteroatoms. The quantitative estimate of drug-likeness (QED) is 0.741. The Kier molecular flexibility index (Phi) is 4.11. The normalized spacial score (nSPS) is 10.9. The van der Waals surface area contributed by atoms with E-state index in [1.807, 2.05) is 48.8 Å². The second-order valence-electron chi connectivity index (χ2n) is 4.89. The highest BCUT2D eigenvalue weighted by Crippen LogP contribution is 2.43. The van der Waals surface area contributed by atoms with Crippen molar-refractivity contribution in [2.45, 2.75) is 5.92 Å². The lowest BCUT2D eigenvalue weighted by Gasteiger charge is -2.19. The molecule has 0 aliphatic carbocycles. The van der Waals surface area contributed by atoms with Gasteiger partial charge in [-0.2, -0.15) is 0 Å². The summed E-state index contributed by atoms with van der Waals surface area (Å²) in [6.45, 7) is 0. The minimum absolute atomic E-state index is 0.0303. The molecule has 0 atom stereocenters. The van der Waals surface area contributed by atoms with Gasteiger partial charge < -0.3 is 19.4 Å². The molecule has 1 aromatic carbocycles. The van der Waals surface area contributed by atoms with Gasteiger partial charge in [0.1, 0.15) is 0 Å². The molecule has 0 saturated heterocycles. The molecule has 114 valence electrons. The Hall–Kier alpha value is -2.33. The van der Waals surface area contributed by atoms with Crippen LogP contribution >= 0.6 is 11.6 Å². The first-order chi connectivity index (χ1) is 10.8. The summed E-state index contributed by atoms with van der Waals surface area (Å²) in [7, 11) is 3.19. The Morgan fingerprint density at radius 1 is 0.909 bits per heavy atom. The average Bonchev–Trinajstić information content (AvgIpc) is 3.22. The van der Waals surface area contributed by atoms with E-state index < -0.39 is 0 Å². The lowest BCUT2D eigenvalue weighted by molar-refractivity contribution is 0.354. The van der Waals surface area contributed by atoms with E-state index in [1.165, 1.54) is 0 Å². The second-order valence-corrected chi connectivity index (χ2v) is 5.27. The highest BCUT2D eigenvalue weighted by atomic mass is 35.5. The van der Waals surface area contributed by atoms with Crippen LogP contribution in [0.5, 0.6) is 11.5 Å². The molecule has 0 unspecified atom stereocenters. The number of nitrogens with one attached hydrogen (secondary N) is 2. The Bertz CT molecular complexity index is 702. The number of aromatic nitrogens is 2. The fourth-order valence-electron chi connectivity index (χ4n) is 2.68. The highest BCUT2D eigenvalue weighted by molar-refractivity contribution is 6.33. The van der Waals surface area contributed by atoms with Crippen LogP contribution in [0.4, 0.5) is 0 Å². The van der Waals surface area contributed by atoms with Gasteiger partial charge in [-0.15, -0.1) is 0 Å². The van der Waals surface area contributed by atoms with E-state index in [-0.39, 0.29) is 5.92 Å². The van der Waals surface area contributed by atoms with Gasteiger partial charge in [0.25, 0.3) is 0 Å². The van der Waals surface area contributed by atoms with Crippen LogP contribution < -0.4 is 9.47 Å². The fourth-order valence-corrected chi connectivity index (χ4v) is 3.02. The predicted molar refractivity (Wildman–Crippen MR) is 87.1 cm³/mol. The number of benzene rings is 1. The van der Waals surface area contributed by atoms with Gasteiger partial charge in [0.15, 0.2) is 11.5 Å². The van der Waals surface area contributed by atoms with Crippen LogP contribution in [0.2, 0.25) is 5.02 Å². The number of halogens is 1. The minimum Gasteiger partial charge on any atom is -0.493 e. The van der Waals surface area contributed by atoms with Gasteiger partial charge in [0.05, 0.1) is 25.2 Å². The number of H-pyrrole nitrogens is 2. The first-order valence-electron chi connectivity index (χ1n) is 6.93. The molecule has 0 radical (unpaired) electrons. The van der Waals surface area contributed by atoms with E-state index in [4.69, 9.17) is 21.1 Å². The number of methoxy groups -OCH3 is 2. The summed E-state index contributed by atoms with van der Waals surface area (Å²) in [4.78, 5) is 6.53. The molecule has 3 aromatic rings. The number of aromatic amines is 2. The van der Waals surface area contributed by atoms with Crippen molar-refractivity contribution in [3.05, 3.63) is 70.8 Å². The molecular weight excluding hydrogens is 300 g/mol. The van der Waals surface area contributed by atoms with Gasteiger partial charge in [0.2, 0.25) is 0 Å². The van der Waals surface area contributed by atoms with Crippen molar-refractivity contribution in [3.8, 4) is 11.5 Å². The standard InChI is InChI=1S/C17H17ClN2O2/c1-21-14-8-7-11(16(18)17(14)22-2)15(12-5-3-9-19-12)13-6-4-10-20-13/h3-10,15,19-20H,1-2H3. The molecular formula is C17H17ClN2O2. The van der Waals surface area contributed by atoms with Crippen LogP contribution in [-0.4, -0.2) is 24.2 Å². The summed E-state index contributed by atoms with van der Waals surface area (Å²) in [6.07, 6.45) is 3.81. The van der Waals surface area contributed by atoms with Crippen molar-refractivity contribution < 1.29 is 9.47 Å². The third-order valence-electron chi connectivity index (χ3n) is 3.69. The Labute approximate surface area is 134 Å². The molecule has 4 nitrogen and oxygen atoms in total.